The molecule has 0 N–H and O–H groups in total. The van der Waals surface area contributed by atoms with E-state index in [9.17, 15) is 4.79 Å². The third-order valence-electron chi connectivity index (χ3n) is 7.00. The average molecular weight is 412 g/mol. The Bertz CT molecular complexity index is 862. The third kappa shape index (κ3) is 4.11. The Hall–Kier alpha value is -1.96. The van der Waals surface area contributed by atoms with Crippen molar-refractivity contribution in [3.8, 4) is 0 Å². The SMILES string of the molecule is O=C(c1nc2ccccn2c1CN1CCOCC1)N1CCN(C2CCCCC2)CC1. The minimum absolute atomic E-state index is 0.0882. The van der Waals surface area contributed by atoms with Crippen molar-refractivity contribution in [1.82, 2.24) is 24.1 Å². The molecule has 7 nitrogen and oxygen atoms in total. The number of pyridine rings is 1. The van der Waals surface area contributed by atoms with Gasteiger partial charge in [-0.15, -0.1) is 0 Å². The smallest absolute Gasteiger partial charge is 0.274 e. The van der Waals surface area contributed by atoms with Gasteiger partial charge in [-0.2, -0.15) is 0 Å². The molecule has 3 aliphatic rings. The molecule has 1 amide bonds. The van der Waals surface area contributed by atoms with E-state index in [0.29, 0.717) is 5.69 Å². The van der Waals surface area contributed by atoms with Gasteiger partial charge in [0, 0.05) is 58.1 Å². The Labute approximate surface area is 178 Å². The fraction of sp³-hybridized carbons (Fsp3) is 0.652. The molecule has 2 saturated heterocycles. The standard InChI is InChI=1S/C23H33N5O2/c29-23(27-12-10-26(11-13-27)19-6-2-1-3-7-19)22-20(18-25-14-16-30-17-15-25)28-9-5-4-8-21(28)24-22/h4-5,8-9,19H,1-3,6-7,10-18H2. The molecular formula is C23H33N5O2. The van der Waals surface area contributed by atoms with Crippen LogP contribution in [-0.4, -0.2) is 88.5 Å². The zero-order valence-electron chi connectivity index (χ0n) is 17.8. The molecule has 0 unspecified atom stereocenters. The first kappa shape index (κ1) is 20.0. The van der Waals surface area contributed by atoms with Crippen LogP contribution in [0.3, 0.4) is 0 Å². The Kier molecular flexibility index (Phi) is 6.02. The minimum atomic E-state index is 0.0882. The molecule has 162 valence electrons. The monoisotopic (exact) mass is 411 g/mol. The van der Waals surface area contributed by atoms with Gasteiger partial charge in [-0.05, 0) is 25.0 Å². The number of imidazole rings is 1. The summed E-state index contributed by atoms with van der Waals surface area (Å²) in [5.74, 6) is 0.0882. The predicted molar refractivity (Wildman–Crippen MR) is 116 cm³/mol. The highest BCUT2D eigenvalue weighted by atomic mass is 16.5. The van der Waals surface area contributed by atoms with Crippen LogP contribution in [0.5, 0.6) is 0 Å². The summed E-state index contributed by atoms with van der Waals surface area (Å²) in [6.07, 6.45) is 8.77. The lowest BCUT2D eigenvalue weighted by Gasteiger charge is -2.40. The quantitative estimate of drug-likeness (QED) is 0.773. The molecule has 7 heteroatoms. The zero-order valence-corrected chi connectivity index (χ0v) is 17.8. The summed E-state index contributed by atoms with van der Waals surface area (Å²) >= 11 is 0. The van der Waals surface area contributed by atoms with E-state index in [4.69, 9.17) is 9.72 Å². The van der Waals surface area contributed by atoms with Crippen LogP contribution in [0.15, 0.2) is 24.4 Å². The van der Waals surface area contributed by atoms with Crippen LogP contribution in [0.4, 0.5) is 0 Å². The van der Waals surface area contributed by atoms with E-state index < -0.39 is 0 Å². The molecule has 2 aromatic heterocycles. The fourth-order valence-corrected chi connectivity index (χ4v) is 5.23. The molecule has 0 atom stereocenters. The number of rotatable bonds is 4. The molecule has 0 radical (unpaired) electrons. The second kappa shape index (κ2) is 9.04. The van der Waals surface area contributed by atoms with Crippen molar-refractivity contribution < 1.29 is 9.53 Å². The molecule has 2 aliphatic heterocycles. The minimum Gasteiger partial charge on any atom is -0.379 e. The first-order valence-corrected chi connectivity index (χ1v) is 11.6. The first-order valence-electron chi connectivity index (χ1n) is 11.6. The van der Waals surface area contributed by atoms with Crippen molar-refractivity contribution in [2.75, 3.05) is 52.5 Å². The number of morpholine rings is 1. The Balaban J connectivity index is 1.32. The highest BCUT2D eigenvalue weighted by molar-refractivity contribution is 5.94. The van der Waals surface area contributed by atoms with Crippen molar-refractivity contribution in [3.63, 3.8) is 0 Å². The third-order valence-corrected chi connectivity index (χ3v) is 7.00. The van der Waals surface area contributed by atoms with Gasteiger partial charge in [-0.3, -0.25) is 14.6 Å². The van der Waals surface area contributed by atoms with Crippen LogP contribution < -0.4 is 0 Å². The van der Waals surface area contributed by atoms with E-state index in [-0.39, 0.29) is 5.91 Å². The van der Waals surface area contributed by atoms with Crippen LogP contribution in [-0.2, 0) is 11.3 Å². The summed E-state index contributed by atoms with van der Waals surface area (Å²) in [6.45, 7) is 7.62. The van der Waals surface area contributed by atoms with Crippen LogP contribution in [0.1, 0.15) is 48.3 Å². The van der Waals surface area contributed by atoms with Crippen molar-refractivity contribution in [3.05, 3.63) is 35.8 Å². The number of nitrogens with zero attached hydrogens (tertiary/aromatic N) is 5. The van der Waals surface area contributed by atoms with E-state index in [2.05, 4.69) is 14.2 Å². The first-order chi connectivity index (χ1) is 14.8. The molecule has 1 aliphatic carbocycles. The van der Waals surface area contributed by atoms with Crippen LogP contribution in [0.2, 0.25) is 0 Å². The number of piperazine rings is 1. The highest BCUT2D eigenvalue weighted by Gasteiger charge is 2.30. The number of carbonyl (C=O) groups excluding carboxylic acids is 1. The van der Waals surface area contributed by atoms with E-state index in [0.717, 1.165) is 76.4 Å². The van der Waals surface area contributed by atoms with Crippen LogP contribution in [0.25, 0.3) is 5.65 Å². The summed E-state index contributed by atoms with van der Waals surface area (Å²) in [5, 5.41) is 0. The van der Waals surface area contributed by atoms with E-state index in [1.165, 1.54) is 32.1 Å². The number of fused-ring (bicyclic) bond motifs is 1. The molecule has 3 fully saturated rings. The number of ether oxygens (including phenoxy) is 1. The molecule has 1 saturated carbocycles. The second-order valence-electron chi connectivity index (χ2n) is 8.84. The van der Waals surface area contributed by atoms with Gasteiger partial charge in [-0.25, -0.2) is 4.98 Å². The maximum atomic E-state index is 13.5. The van der Waals surface area contributed by atoms with Gasteiger partial charge in [0.25, 0.3) is 5.91 Å². The fourth-order valence-electron chi connectivity index (χ4n) is 5.23. The summed E-state index contributed by atoms with van der Waals surface area (Å²) in [5.41, 5.74) is 2.48. The average Bonchev–Trinajstić information content (AvgIpc) is 3.18. The van der Waals surface area contributed by atoms with Crippen molar-refractivity contribution in [2.24, 2.45) is 0 Å². The van der Waals surface area contributed by atoms with Gasteiger partial charge < -0.3 is 14.0 Å². The summed E-state index contributed by atoms with van der Waals surface area (Å²) in [7, 11) is 0. The van der Waals surface area contributed by atoms with Crippen LogP contribution >= 0.6 is 0 Å². The molecule has 4 heterocycles. The van der Waals surface area contributed by atoms with Crippen molar-refractivity contribution in [1.29, 1.82) is 0 Å². The molecule has 0 aromatic carbocycles. The number of amides is 1. The van der Waals surface area contributed by atoms with Gasteiger partial charge in [0.2, 0.25) is 0 Å². The molecule has 30 heavy (non-hydrogen) atoms. The molecule has 0 bridgehead atoms. The number of carbonyl (C=O) groups is 1. The molecule has 5 rings (SSSR count). The highest BCUT2D eigenvalue weighted by Crippen LogP contribution is 2.24. The molecular weight excluding hydrogens is 378 g/mol. The van der Waals surface area contributed by atoms with Crippen molar-refractivity contribution >= 4 is 11.6 Å². The van der Waals surface area contributed by atoms with Crippen molar-refractivity contribution in [2.45, 2.75) is 44.7 Å². The van der Waals surface area contributed by atoms with Gasteiger partial charge >= 0.3 is 0 Å². The maximum absolute atomic E-state index is 13.5. The van der Waals surface area contributed by atoms with E-state index in [1.54, 1.807) is 0 Å². The maximum Gasteiger partial charge on any atom is 0.274 e. The Morgan fingerprint density at radius 1 is 1.00 bits per heavy atom. The topological polar surface area (TPSA) is 53.3 Å². The van der Waals surface area contributed by atoms with E-state index in [1.807, 2.05) is 29.3 Å². The largest absolute Gasteiger partial charge is 0.379 e. The lowest BCUT2D eigenvalue weighted by atomic mass is 9.94. The van der Waals surface area contributed by atoms with Gasteiger partial charge in [0.1, 0.15) is 5.65 Å². The predicted octanol–water partition coefficient (Wildman–Crippen LogP) is 2.26. The van der Waals surface area contributed by atoms with Gasteiger partial charge in [-0.1, -0.05) is 25.3 Å². The molecule has 0 spiro atoms. The Morgan fingerprint density at radius 3 is 2.53 bits per heavy atom. The molecule has 2 aromatic rings. The van der Waals surface area contributed by atoms with Crippen LogP contribution in [0, 0.1) is 0 Å². The lowest BCUT2D eigenvalue weighted by molar-refractivity contribution is 0.0331. The number of hydrogen-bond donors (Lipinski definition) is 0. The summed E-state index contributed by atoms with van der Waals surface area (Å²) in [4.78, 5) is 25.3. The summed E-state index contributed by atoms with van der Waals surface area (Å²) in [6, 6.07) is 6.70. The second-order valence-corrected chi connectivity index (χ2v) is 8.84. The number of aromatic nitrogens is 2. The van der Waals surface area contributed by atoms with Gasteiger partial charge in [0.15, 0.2) is 5.69 Å². The lowest BCUT2D eigenvalue weighted by Crippen LogP contribution is -2.52. The zero-order chi connectivity index (χ0) is 20.3. The summed E-state index contributed by atoms with van der Waals surface area (Å²) < 4.78 is 7.58. The number of hydrogen-bond acceptors (Lipinski definition) is 5. The van der Waals surface area contributed by atoms with E-state index >= 15 is 0 Å². The Morgan fingerprint density at radius 2 is 1.77 bits per heavy atom. The van der Waals surface area contributed by atoms with Gasteiger partial charge in [0.05, 0.1) is 18.9 Å². The normalized spacial score (nSPS) is 22.6.